The fourth-order valence-electron chi connectivity index (χ4n) is 4.90. The fraction of sp³-hybridized carbons (Fsp3) is 0.320. The maximum Gasteiger partial charge on any atom is 0.222 e. The van der Waals surface area contributed by atoms with Gasteiger partial charge >= 0.3 is 0 Å². The summed E-state index contributed by atoms with van der Waals surface area (Å²) in [6, 6.07) is 18.5. The Morgan fingerprint density at radius 3 is 2.63 bits per heavy atom. The molecule has 2 aliphatic rings. The summed E-state index contributed by atoms with van der Waals surface area (Å²) in [6.45, 7) is 3.28. The van der Waals surface area contributed by atoms with E-state index in [2.05, 4.69) is 39.0 Å². The molecule has 1 saturated heterocycles. The van der Waals surface area contributed by atoms with Gasteiger partial charge in [0.05, 0.1) is 16.8 Å². The molecular weight excluding hydrogens is 372 g/mol. The summed E-state index contributed by atoms with van der Waals surface area (Å²) in [4.78, 5) is 26.4. The Hall–Kier alpha value is -3.21. The summed E-state index contributed by atoms with van der Waals surface area (Å²) >= 11 is 0. The summed E-state index contributed by atoms with van der Waals surface area (Å²) in [7, 11) is 0. The van der Waals surface area contributed by atoms with Crippen LogP contribution < -0.4 is 4.90 Å². The maximum atomic E-state index is 12.9. The topological polar surface area (TPSA) is 49.3 Å². The van der Waals surface area contributed by atoms with Crippen molar-refractivity contribution in [3.63, 3.8) is 0 Å². The van der Waals surface area contributed by atoms with E-state index in [1.165, 1.54) is 16.8 Å². The number of fused-ring (bicyclic) bond motifs is 2. The highest BCUT2D eigenvalue weighted by Crippen LogP contribution is 2.45. The second-order valence-corrected chi connectivity index (χ2v) is 8.42. The summed E-state index contributed by atoms with van der Waals surface area (Å²) in [5.41, 5.74) is 4.68. The molecule has 1 unspecified atom stereocenters. The van der Waals surface area contributed by atoms with Gasteiger partial charge in [0, 0.05) is 51.2 Å². The first-order chi connectivity index (χ1) is 14.7. The quantitative estimate of drug-likeness (QED) is 0.659. The van der Waals surface area contributed by atoms with Crippen molar-refractivity contribution in [3.05, 3.63) is 90.0 Å². The van der Waals surface area contributed by atoms with Crippen molar-refractivity contribution in [2.24, 2.45) is 0 Å². The minimum absolute atomic E-state index is 0.0682. The molecule has 0 aliphatic carbocycles. The third-order valence-corrected chi connectivity index (χ3v) is 6.40. The highest BCUT2D eigenvalue weighted by molar-refractivity contribution is 5.77. The standard InChI is InChI=1S/C25H26N4O/c30-23(11-10-20-6-2-1-3-7-20)28-15-12-25(18-28)19-29(17-21-8-4-13-26-16-21)22-9-5-14-27-24(22)25/h1-9,13-14,16H,10-12,15,17-19H2. The van der Waals surface area contributed by atoms with Crippen LogP contribution in [0.25, 0.3) is 0 Å². The Morgan fingerprint density at radius 1 is 0.967 bits per heavy atom. The number of rotatable bonds is 5. The van der Waals surface area contributed by atoms with Gasteiger partial charge in [-0.25, -0.2) is 0 Å². The Balaban J connectivity index is 1.30. The molecule has 1 aromatic carbocycles. The number of aromatic nitrogens is 2. The van der Waals surface area contributed by atoms with Gasteiger partial charge in [-0.05, 0) is 42.2 Å². The van der Waals surface area contributed by atoms with Crippen molar-refractivity contribution < 1.29 is 4.79 Å². The molecule has 3 aromatic rings. The van der Waals surface area contributed by atoms with Gasteiger partial charge in [0.25, 0.3) is 0 Å². The van der Waals surface area contributed by atoms with Crippen LogP contribution in [0.15, 0.2) is 73.2 Å². The monoisotopic (exact) mass is 398 g/mol. The number of aryl methyl sites for hydroxylation is 1. The van der Waals surface area contributed by atoms with Crippen LogP contribution in [0.4, 0.5) is 5.69 Å². The zero-order chi connectivity index (χ0) is 20.4. The van der Waals surface area contributed by atoms with Gasteiger partial charge in [-0.15, -0.1) is 0 Å². The fourth-order valence-corrected chi connectivity index (χ4v) is 4.90. The third kappa shape index (κ3) is 3.56. The van der Waals surface area contributed by atoms with Crippen molar-refractivity contribution in [2.45, 2.75) is 31.2 Å². The molecule has 1 atom stereocenters. The molecule has 30 heavy (non-hydrogen) atoms. The van der Waals surface area contributed by atoms with E-state index in [4.69, 9.17) is 4.98 Å². The maximum absolute atomic E-state index is 12.9. The molecule has 2 aliphatic heterocycles. The first-order valence-corrected chi connectivity index (χ1v) is 10.6. The van der Waals surface area contributed by atoms with Crippen LogP contribution >= 0.6 is 0 Å². The lowest BCUT2D eigenvalue weighted by atomic mass is 9.85. The number of hydrogen-bond donors (Lipinski definition) is 0. The first kappa shape index (κ1) is 18.8. The summed E-state index contributed by atoms with van der Waals surface area (Å²) in [6.07, 6.45) is 7.95. The van der Waals surface area contributed by atoms with Crippen LogP contribution in [0.1, 0.15) is 29.7 Å². The van der Waals surface area contributed by atoms with E-state index >= 15 is 0 Å². The van der Waals surface area contributed by atoms with Crippen molar-refractivity contribution in [3.8, 4) is 0 Å². The zero-order valence-electron chi connectivity index (χ0n) is 17.1. The molecule has 0 N–H and O–H groups in total. The van der Waals surface area contributed by atoms with Crippen molar-refractivity contribution in [1.29, 1.82) is 0 Å². The molecule has 1 spiro atoms. The van der Waals surface area contributed by atoms with Crippen LogP contribution in [0.2, 0.25) is 0 Å². The molecule has 1 amide bonds. The molecular formula is C25H26N4O. The Kier molecular flexibility index (Phi) is 4.95. The zero-order valence-corrected chi connectivity index (χ0v) is 17.1. The van der Waals surface area contributed by atoms with Crippen molar-refractivity contribution in [1.82, 2.24) is 14.9 Å². The average Bonchev–Trinajstić information content (AvgIpc) is 3.36. The van der Waals surface area contributed by atoms with Crippen LogP contribution in [-0.4, -0.2) is 40.4 Å². The second-order valence-electron chi connectivity index (χ2n) is 8.42. The molecule has 5 nitrogen and oxygen atoms in total. The number of likely N-dealkylation sites (tertiary alicyclic amines) is 1. The minimum atomic E-state index is -0.0682. The van der Waals surface area contributed by atoms with Gasteiger partial charge in [0.2, 0.25) is 5.91 Å². The van der Waals surface area contributed by atoms with E-state index in [-0.39, 0.29) is 11.3 Å². The SMILES string of the molecule is O=C(CCc1ccccc1)N1CCC2(C1)CN(Cc1cccnc1)c1cccnc12. The van der Waals surface area contributed by atoms with Gasteiger partial charge in [-0.1, -0.05) is 36.4 Å². The van der Waals surface area contributed by atoms with E-state index < -0.39 is 0 Å². The van der Waals surface area contributed by atoms with Gasteiger partial charge in [-0.2, -0.15) is 0 Å². The molecule has 1 fully saturated rings. The van der Waals surface area contributed by atoms with Crippen LogP contribution in [0.3, 0.4) is 0 Å². The lowest BCUT2D eigenvalue weighted by Gasteiger charge is -2.26. The number of carbonyl (C=O) groups excluding carboxylic acids is 1. The number of hydrogen-bond acceptors (Lipinski definition) is 4. The average molecular weight is 399 g/mol. The minimum Gasteiger partial charge on any atom is -0.365 e. The van der Waals surface area contributed by atoms with E-state index in [0.717, 1.165) is 44.7 Å². The Bertz CT molecular complexity index is 1020. The summed E-state index contributed by atoms with van der Waals surface area (Å²) in [5.74, 6) is 0.249. The van der Waals surface area contributed by atoms with Gasteiger partial charge in [-0.3, -0.25) is 14.8 Å². The van der Waals surface area contributed by atoms with Gasteiger partial charge in [0.1, 0.15) is 0 Å². The summed E-state index contributed by atoms with van der Waals surface area (Å²) < 4.78 is 0. The van der Waals surface area contributed by atoms with Gasteiger partial charge < -0.3 is 9.80 Å². The number of benzene rings is 1. The Labute approximate surface area is 177 Å². The predicted octanol–water partition coefficient (Wildman–Crippen LogP) is 3.60. The largest absolute Gasteiger partial charge is 0.365 e. The normalized spacial score (nSPS) is 20.0. The second kappa shape index (κ2) is 7.90. The molecule has 2 aromatic heterocycles. The van der Waals surface area contributed by atoms with E-state index in [1.54, 1.807) is 6.20 Å². The lowest BCUT2D eigenvalue weighted by Crippen LogP contribution is -2.38. The van der Waals surface area contributed by atoms with Crippen molar-refractivity contribution in [2.75, 3.05) is 24.5 Å². The first-order valence-electron chi connectivity index (χ1n) is 10.6. The molecule has 5 heteroatoms. The highest BCUT2D eigenvalue weighted by Gasteiger charge is 2.49. The van der Waals surface area contributed by atoms with Gasteiger partial charge in [0.15, 0.2) is 0 Å². The number of pyridine rings is 2. The molecule has 0 radical (unpaired) electrons. The molecule has 5 rings (SSSR count). The number of nitrogens with zero attached hydrogens (tertiary/aromatic N) is 4. The van der Waals surface area contributed by atoms with E-state index in [9.17, 15) is 4.79 Å². The summed E-state index contributed by atoms with van der Waals surface area (Å²) in [5, 5.41) is 0. The number of carbonyl (C=O) groups is 1. The van der Waals surface area contributed by atoms with Crippen LogP contribution in [-0.2, 0) is 23.2 Å². The highest BCUT2D eigenvalue weighted by atomic mass is 16.2. The van der Waals surface area contributed by atoms with E-state index in [1.807, 2.05) is 42.7 Å². The van der Waals surface area contributed by atoms with Crippen molar-refractivity contribution >= 4 is 11.6 Å². The van der Waals surface area contributed by atoms with E-state index in [0.29, 0.717) is 6.42 Å². The lowest BCUT2D eigenvalue weighted by molar-refractivity contribution is -0.130. The molecule has 4 heterocycles. The molecule has 152 valence electrons. The smallest absolute Gasteiger partial charge is 0.222 e. The Morgan fingerprint density at radius 2 is 1.80 bits per heavy atom. The number of anilines is 1. The third-order valence-electron chi connectivity index (χ3n) is 6.40. The van der Waals surface area contributed by atoms with Crippen LogP contribution in [0, 0.1) is 0 Å². The number of amides is 1. The molecule has 0 saturated carbocycles. The predicted molar refractivity (Wildman–Crippen MR) is 117 cm³/mol. The molecule has 0 bridgehead atoms. The van der Waals surface area contributed by atoms with Crippen LogP contribution in [0.5, 0.6) is 0 Å².